The Morgan fingerprint density at radius 3 is 3.29 bits per heavy atom. The standard InChI is InChI=1S/C8H6N4OS/c1-2-4-10-8(13)7-6(11-12-9)3-5-14-7/h1,3,5H,4H2,(H,10,13). The molecule has 0 fully saturated rings. The molecule has 70 valence electrons. The van der Waals surface area contributed by atoms with Crippen LogP contribution in [0, 0.1) is 12.3 Å². The lowest BCUT2D eigenvalue weighted by Gasteiger charge is -1.98. The largest absolute Gasteiger partial charge is 0.340 e. The second-order valence-electron chi connectivity index (χ2n) is 2.21. The SMILES string of the molecule is C#CCNC(=O)c1sccc1N=[N+]=[N-]. The van der Waals surface area contributed by atoms with E-state index in [1.54, 1.807) is 11.4 Å². The summed E-state index contributed by atoms with van der Waals surface area (Å²) in [4.78, 5) is 14.4. The van der Waals surface area contributed by atoms with Gasteiger partial charge >= 0.3 is 0 Å². The van der Waals surface area contributed by atoms with Crippen LogP contribution in [0.5, 0.6) is 0 Å². The summed E-state index contributed by atoms with van der Waals surface area (Å²) in [5.74, 6) is 1.96. The van der Waals surface area contributed by atoms with Gasteiger partial charge < -0.3 is 5.32 Å². The number of azide groups is 1. The second kappa shape index (κ2) is 4.92. The highest BCUT2D eigenvalue weighted by molar-refractivity contribution is 7.12. The van der Waals surface area contributed by atoms with Gasteiger partial charge in [-0.15, -0.1) is 17.8 Å². The number of amides is 1. The van der Waals surface area contributed by atoms with Crippen LogP contribution in [0.15, 0.2) is 16.6 Å². The van der Waals surface area contributed by atoms with E-state index in [0.717, 1.165) is 0 Å². The molecule has 1 rings (SSSR count). The normalized spacial score (nSPS) is 8.50. The van der Waals surface area contributed by atoms with Crippen LogP contribution in [-0.2, 0) is 0 Å². The fourth-order valence-electron chi connectivity index (χ4n) is 0.811. The van der Waals surface area contributed by atoms with Crippen LogP contribution >= 0.6 is 11.3 Å². The lowest BCUT2D eigenvalue weighted by molar-refractivity contribution is 0.0963. The number of nitrogens with zero attached hydrogens (tertiary/aromatic N) is 3. The monoisotopic (exact) mass is 206 g/mol. The van der Waals surface area contributed by atoms with Gasteiger partial charge in [0.2, 0.25) is 0 Å². The maximum atomic E-state index is 11.4. The Kier molecular flexibility index (Phi) is 3.56. The van der Waals surface area contributed by atoms with Crippen molar-refractivity contribution < 1.29 is 4.79 Å². The first-order valence-corrected chi connectivity index (χ1v) is 4.52. The zero-order chi connectivity index (χ0) is 10.4. The Morgan fingerprint density at radius 2 is 2.64 bits per heavy atom. The summed E-state index contributed by atoms with van der Waals surface area (Å²) >= 11 is 1.20. The van der Waals surface area contributed by atoms with Crippen LogP contribution in [0.3, 0.4) is 0 Å². The highest BCUT2D eigenvalue weighted by atomic mass is 32.1. The van der Waals surface area contributed by atoms with Crippen LogP contribution in [0.1, 0.15) is 9.67 Å². The van der Waals surface area contributed by atoms with E-state index in [1.807, 2.05) is 0 Å². The highest BCUT2D eigenvalue weighted by Gasteiger charge is 2.10. The lowest BCUT2D eigenvalue weighted by Crippen LogP contribution is -2.22. The van der Waals surface area contributed by atoms with Gasteiger partial charge in [-0.1, -0.05) is 11.0 Å². The molecular formula is C8H6N4OS. The molecule has 0 aliphatic heterocycles. The molecular weight excluding hydrogens is 200 g/mol. The maximum Gasteiger partial charge on any atom is 0.262 e. The minimum atomic E-state index is -0.319. The Balaban J connectivity index is 2.85. The molecule has 1 aromatic rings. The quantitative estimate of drug-likeness (QED) is 0.349. The number of thiophene rings is 1. The number of hydrogen-bond donors (Lipinski definition) is 1. The first-order chi connectivity index (χ1) is 6.79. The molecule has 0 atom stereocenters. The molecule has 0 bridgehead atoms. The van der Waals surface area contributed by atoms with Gasteiger partial charge in [0, 0.05) is 4.91 Å². The van der Waals surface area contributed by atoms with Crippen molar-refractivity contribution in [2.45, 2.75) is 0 Å². The number of nitrogens with one attached hydrogen (secondary N) is 1. The fourth-order valence-corrected chi connectivity index (χ4v) is 1.55. The summed E-state index contributed by atoms with van der Waals surface area (Å²) in [6.07, 6.45) is 4.98. The molecule has 0 saturated heterocycles. The van der Waals surface area contributed by atoms with Gasteiger partial charge in [0.15, 0.2) is 0 Å². The Hall–Kier alpha value is -1.96. The topological polar surface area (TPSA) is 77.9 Å². The summed E-state index contributed by atoms with van der Waals surface area (Å²) in [6.45, 7) is 0.159. The van der Waals surface area contributed by atoms with Crippen molar-refractivity contribution in [1.82, 2.24) is 5.32 Å². The van der Waals surface area contributed by atoms with Gasteiger partial charge in [-0.05, 0) is 17.0 Å². The summed E-state index contributed by atoms with van der Waals surface area (Å²) in [5, 5.41) is 7.54. The third kappa shape index (κ3) is 2.26. The number of terminal acetylenes is 1. The molecule has 1 N–H and O–H groups in total. The van der Waals surface area contributed by atoms with Crippen LogP contribution in [0.4, 0.5) is 5.69 Å². The van der Waals surface area contributed by atoms with Crippen LogP contribution in [0.25, 0.3) is 10.4 Å². The number of carbonyl (C=O) groups is 1. The summed E-state index contributed by atoms with van der Waals surface area (Å²) < 4.78 is 0. The molecule has 0 radical (unpaired) electrons. The molecule has 0 spiro atoms. The third-order valence-corrected chi connectivity index (χ3v) is 2.26. The average molecular weight is 206 g/mol. The van der Waals surface area contributed by atoms with Crippen molar-refractivity contribution in [3.05, 3.63) is 26.8 Å². The van der Waals surface area contributed by atoms with E-state index in [1.165, 1.54) is 11.3 Å². The van der Waals surface area contributed by atoms with Crippen molar-refractivity contribution in [3.63, 3.8) is 0 Å². The predicted octanol–water partition coefficient (Wildman–Crippen LogP) is 2.05. The van der Waals surface area contributed by atoms with Gasteiger partial charge in [0.25, 0.3) is 5.91 Å². The molecule has 1 amide bonds. The zero-order valence-corrected chi connectivity index (χ0v) is 7.91. The molecule has 0 aromatic carbocycles. The Labute approximate surface area is 84.4 Å². The second-order valence-corrected chi connectivity index (χ2v) is 3.13. The molecule has 14 heavy (non-hydrogen) atoms. The molecule has 1 aromatic heterocycles. The van der Waals surface area contributed by atoms with E-state index >= 15 is 0 Å². The molecule has 0 aliphatic rings. The molecule has 0 saturated carbocycles. The van der Waals surface area contributed by atoms with Gasteiger partial charge in [-0.25, -0.2) is 0 Å². The van der Waals surface area contributed by atoms with Gasteiger partial charge in [0.05, 0.1) is 12.2 Å². The van der Waals surface area contributed by atoms with E-state index in [2.05, 4.69) is 21.3 Å². The van der Waals surface area contributed by atoms with E-state index in [-0.39, 0.29) is 12.5 Å². The third-order valence-electron chi connectivity index (χ3n) is 1.35. The Morgan fingerprint density at radius 1 is 1.86 bits per heavy atom. The van der Waals surface area contributed by atoms with Gasteiger partial charge in [-0.3, -0.25) is 4.79 Å². The molecule has 0 unspecified atom stereocenters. The number of carbonyl (C=O) groups excluding carboxylic acids is 1. The number of hydrogen-bond acceptors (Lipinski definition) is 3. The fraction of sp³-hybridized carbons (Fsp3) is 0.125. The molecule has 0 aliphatic carbocycles. The van der Waals surface area contributed by atoms with E-state index < -0.39 is 0 Å². The first kappa shape index (κ1) is 10.1. The van der Waals surface area contributed by atoms with Crippen molar-refractivity contribution >= 4 is 22.9 Å². The van der Waals surface area contributed by atoms with Crippen LogP contribution in [-0.4, -0.2) is 12.5 Å². The van der Waals surface area contributed by atoms with Crippen LogP contribution < -0.4 is 5.32 Å². The van der Waals surface area contributed by atoms with E-state index in [0.29, 0.717) is 10.6 Å². The zero-order valence-electron chi connectivity index (χ0n) is 7.10. The summed E-state index contributed by atoms with van der Waals surface area (Å²) in [7, 11) is 0. The van der Waals surface area contributed by atoms with Crippen molar-refractivity contribution in [1.29, 1.82) is 0 Å². The van der Waals surface area contributed by atoms with Crippen molar-refractivity contribution in [3.8, 4) is 12.3 Å². The molecule has 6 heteroatoms. The maximum absolute atomic E-state index is 11.4. The van der Waals surface area contributed by atoms with Crippen molar-refractivity contribution in [2.24, 2.45) is 5.11 Å². The first-order valence-electron chi connectivity index (χ1n) is 3.64. The number of rotatable bonds is 3. The Bertz CT molecular complexity index is 425. The predicted molar refractivity (Wildman–Crippen MR) is 54.3 cm³/mol. The van der Waals surface area contributed by atoms with Gasteiger partial charge in [-0.2, -0.15) is 0 Å². The molecule has 5 nitrogen and oxygen atoms in total. The van der Waals surface area contributed by atoms with Crippen molar-refractivity contribution in [2.75, 3.05) is 6.54 Å². The highest BCUT2D eigenvalue weighted by Crippen LogP contribution is 2.24. The lowest BCUT2D eigenvalue weighted by atomic mass is 10.4. The average Bonchev–Trinajstić information content (AvgIpc) is 2.63. The smallest absolute Gasteiger partial charge is 0.262 e. The summed E-state index contributed by atoms with van der Waals surface area (Å²) in [6, 6.07) is 1.58. The minimum absolute atomic E-state index is 0.159. The van der Waals surface area contributed by atoms with E-state index in [9.17, 15) is 4.79 Å². The summed E-state index contributed by atoms with van der Waals surface area (Å²) in [5.41, 5.74) is 8.55. The van der Waals surface area contributed by atoms with E-state index in [4.69, 9.17) is 12.0 Å². The molecule has 1 heterocycles. The van der Waals surface area contributed by atoms with Gasteiger partial charge in [0.1, 0.15) is 4.88 Å². The van der Waals surface area contributed by atoms with Crippen LogP contribution in [0.2, 0.25) is 0 Å². The minimum Gasteiger partial charge on any atom is -0.340 e.